The molecule has 0 aliphatic heterocycles. The highest BCUT2D eigenvalue weighted by molar-refractivity contribution is 7.71. The number of ether oxygens (including phenoxy) is 2. The van der Waals surface area contributed by atoms with Crippen LogP contribution in [0.3, 0.4) is 0 Å². The standard InChI is InChI=1S/C22H18N4O4S/c1-29-15-6-8-18(19(11-15)30-2)26-21(28)16-7-5-13(10-17(16)25-22(26)31)20(27)24-14-4-3-9-23-12-14/h3-12H,1-2H3,(H,24,27)(H,25,31). The van der Waals surface area contributed by atoms with Crippen molar-refractivity contribution in [2.75, 3.05) is 19.5 Å². The number of H-pyrrole nitrogens is 1. The number of nitrogens with one attached hydrogen (secondary N) is 2. The summed E-state index contributed by atoms with van der Waals surface area (Å²) in [6, 6.07) is 13.3. The van der Waals surface area contributed by atoms with Gasteiger partial charge in [-0.25, -0.2) is 4.57 Å². The van der Waals surface area contributed by atoms with Gasteiger partial charge in [0.25, 0.3) is 11.5 Å². The molecule has 0 saturated carbocycles. The first-order chi connectivity index (χ1) is 15.0. The molecule has 0 atom stereocenters. The number of aromatic amines is 1. The Bertz CT molecular complexity index is 1400. The van der Waals surface area contributed by atoms with Crippen molar-refractivity contribution in [1.29, 1.82) is 0 Å². The van der Waals surface area contributed by atoms with Crippen molar-refractivity contribution in [3.8, 4) is 17.2 Å². The Hall–Kier alpha value is -3.98. The Morgan fingerprint density at radius 1 is 1.13 bits per heavy atom. The Balaban J connectivity index is 1.78. The van der Waals surface area contributed by atoms with E-state index in [1.165, 1.54) is 11.7 Å². The zero-order chi connectivity index (χ0) is 22.0. The molecule has 1 amide bonds. The number of amides is 1. The number of methoxy groups -OCH3 is 2. The molecular weight excluding hydrogens is 416 g/mol. The molecular formula is C22H18N4O4S. The number of nitrogens with zero attached hydrogens (tertiary/aromatic N) is 2. The van der Waals surface area contributed by atoms with E-state index in [-0.39, 0.29) is 16.2 Å². The van der Waals surface area contributed by atoms with Gasteiger partial charge >= 0.3 is 0 Å². The van der Waals surface area contributed by atoms with Crippen LogP contribution in [0.4, 0.5) is 5.69 Å². The molecule has 0 saturated heterocycles. The number of carbonyl (C=O) groups is 1. The highest BCUT2D eigenvalue weighted by Crippen LogP contribution is 2.27. The van der Waals surface area contributed by atoms with Crippen LogP contribution in [0.2, 0.25) is 0 Å². The molecule has 156 valence electrons. The van der Waals surface area contributed by atoms with Gasteiger partial charge in [-0.3, -0.25) is 14.6 Å². The van der Waals surface area contributed by atoms with E-state index in [0.717, 1.165) is 0 Å². The lowest BCUT2D eigenvalue weighted by Crippen LogP contribution is -2.21. The number of fused-ring (bicyclic) bond motifs is 1. The van der Waals surface area contributed by atoms with Crippen LogP contribution in [-0.4, -0.2) is 34.7 Å². The Morgan fingerprint density at radius 3 is 2.68 bits per heavy atom. The molecule has 2 N–H and O–H groups in total. The van der Waals surface area contributed by atoms with Crippen molar-refractivity contribution < 1.29 is 14.3 Å². The van der Waals surface area contributed by atoms with E-state index in [9.17, 15) is 9.59 Å². The summed E-state index contributed by atoms with van der Waals surface area (Å²) in [5.74, 6) is 0.705. The Labute approximate surface area is 182 Å². The fourth-order valence-electron chi connectivity index (χ4n) is 3.19. The van der Waals surface area contributed by atoms with Gasteiger partial charge in [0, 0.05) is 17.8 Å². The second kappa shape index (κ2) is 8.41. The van der Waals surface area contributed by atoms with E-state index < -0.39 is 0 Å². The van der Waals surface area contributed by atoms with Crippen molar-refractivity contribution in [2.45, 2.75) is 0 Å². The fraction of sp³-hybridized carbons (Fsp3) is 0.0909. The predicted molar refractivity (Wildman–Crippen MR) is 120 cm³/mol. The molecule has 0 unspecified atom stereocenters. The van der Waals surface area contributed by atoms with E-state index in [1.807, 2.05) is 0 Å². The van der Waals surface area contributed by atoms with Gasteiger partial charge in [0.2, 0.25) is 0 Å². The number of carbonyl (C=O) groups excluding carboxylic acids is 1. The van der Waals surface area contributed by atoms with Crippen LogP contribution < -0.4 is 20.3 Å². The molecule has 9 heteroatoms. The number of rotatable bonds is 5. The minimum absolute atomic E-state index is 0.172. The summed E-state index contributed by atoms with van der Waals surface area (Å²) < 4.78 is 12.2. The Morgan fingerprint density at radius 2 is 1.97 bits per heavy atom. The van der Waals surface area contributed by atoms with Gasteiger partial charge in [0.15, 0.2) is 4.77 Å². The average molecular weight is 434 g/mol. The molecule has 2 aromatic carbocycles. The summed E-state index contributed by atoms with van der Waals surface area (Å²) in [6.45, 7) is 0. The minimum atomic E-state index is -0.332. The smallest absolute Gasteiger partial charge is 0.266 e. The van der Waals surface area contributed by atoms with E-state index in [4.69, 9.17) is 21.7 Å². The normalized spacial score (nSPS) is 10.6. The van der Waals surface area contributed by atoms with Gasteiger partial charge in [-0.1, -0.05) is 0 Å². The van der Waals surface area contributed by atoms with E-state index in [2.05, 4.69) is 15.3 Å². The van der Waals surface area contributed by atoms with Crippen LogP contribution in [0.1, 0.15) is 10.4 Å². The first-order valence-electron chi connectivity index (χ1n) is 9.24. The van der Waals surface area contributed by atoms with Crippen molar-refractivity contribution in [3.63, 3.8) is 0 Å². The van der Waals surface area contributed by atoms with Crippen LogP contribution in [0.25, 0.3) is 16.6 Å². The molecule has 0 fully saturated rings. The predicted octanol–water partition coefficient (Wildman–Crippen LogP) is 3.71. The molecule has 0 bridgehead atoms. The molecule has 2 heterocycles. The molecule has 4 aromatic rings. The SMILES string of the molecule is COc1ccc(-n2c(=S)[nH]c3cc(C(=O)Nc4cccnc4)ccc3c2=O)c(OC)c1. The summed E-state index contributed by atoms with van der Waals surface area (Å²) in [7, 11) is 3.05. The molecule has 31 heavy (non-hydrogen) atoms. The molecule has 4 rings (SSSR count). The minimum Gasteiger partial charge on any atom is -0.497 e. The lowest BCUT2D eigenvalue weighted by atomic mass is 10.1. The second-order valence-electron chi connectivity index (χ2n) is 6.56. The number of benzene rings is 2. The third-order valence-corrected chi connectivity index (χ3v) is 4.99. The lowest BCUT2D eigenvalue weighted by molar-refractivity contribution is 0.102. The second-order valence-corrected chi connectivity index (χ2v) is 6.95. The van der Waals surface area contributed by atoms with E-state index in [1.54, 1.807) is 68.0 Å². The molecule has 0 aliphatic carbocycles. The molecule has 0 radical (unpaired) electrons. The largest absolute Gasteiger partial charge is 0.497 e. The van der Waals surface area contributed by atoms with E-state index >= 15 is 0 Å². The summed E-state index contributed by atoms with van der Waals surface area (Å²) >= 11 is 5.44. The van der Waals surface area contributed by atoms with Crippen molar-refractivity contribution >= 4 is 34.7 Å². The van der Waals surface area contributed by atoms with Gasteiger partial charge in [-0.15, -0.1) is 0 Å². The Kier molecular flexibility index (Phi) is 5.50. The first kappa shape index (κ1) is 20.3. The maximum absolute atomic E-state index is 13.2. The van der Waals surface area contributed by atoms with Crippen molar-refractivity contribution in [2.24, 2.45) is 0 Å². The number of pyridine rings is 1. The molecule has 0 spiro atoms. The quantitative estimate of drug-likeness (QED) is 0.465. The molecule has 8 nitrogen and oxygen atoms in total. The van der Waals surface area contributed by atoms with Gasteiger partial charge in [-0.2, -0.15) is 0 Å². The fourth-order valence-corrected chi connectivity index (χ4v) is 3.48. The topological polar surface area (TPSA) is 98.2 Å². The maximum Gasteiger partial charge on any atom is 0.266 e. The number of hydrogen-bond acceptors (Lipinski definition) is 6. The van der Waals surface area contributed by atoms with Crippen molar-refractivity contribution in [3.05, 3.63) is 81.6 Å². The van der Waals surface area contributed by atoms with Gasteiger partial charge in [-0.05, 0) is 54.7 Å². The summed E-state index contributed by atoms with van der Waals surface area (Å²) in [6.07, 6.45) is 3.17. The van der Waals surface area contributed by atoms with Gasteiger partial charge in [0.05, 0.1) is 42.7 Å². The van der Waals surface area contributed by atoms with Gasteiger partial charge < -0.3 is 19.8 Å². The highest BCUT2D eigenvalue weighted by Gasteiger charge is 2.15. The highest BCUT2D eigenvalue weighted by atomic mass is 32.1. The number of hydrogen-bond donors (Lipinski definition) is 2. The van der Waals surface area contributed by atoms with Crippen molar-refractivity contribution in [1.82, 2.24) is 14.5 Å². The van der Waals surface area contributed by atoms with Crippen LogP contribution >= 0.6 is 12.2 Å². The molecule has 2 aromatic heterocycles. The third-order valence-electron chi connectivity index (χ3n) is 4.71. The summed E-state index contributed by atoms with van der Waals surface area (Å²) in [4.78, 5) is 32.8. The van der Waals surface area contributed by atoms with Gasteiger partial charge in [0.1, 0.15) is 11.5 Å². The van der Waals surface area contributed by atoms with Crippen LogP contribution in [0.5, 0.6) is 11.5 Å². The number of aromatic nitrogens is 3. The zero-order valence-corrected chi connectivity index (χ0v) is 17.5. The summed E-state index contributed by atoms with van der Waals surface area (Å²) in [5, 5.41) is 3.14. The van der Waals surface area contributed by atoms with E-state index in [0.29, 0.717) is 39.3 Å². The summed E-state index contributed by atoms with van der Waals surface area (Å²) in [5.41, 5.74) is 1.55. The van der Waals surface area contributed by atoms with Crippen LogP contribution in [0, 0.1) is 4.77 Å². The third kappa shape index (κ3) is 3.90. The van der Waals surface area contributed by atoms with Crippen LogP contribution in [-0.2, 0) is 0 Å². The lowest BCUT2D eigenvalue weighted by Gasteiger charge is -2.13. The monoisotopic (exact) mass is 434 g/mol. The number of anilines is 1. The molecule has 0 aliphatic rings. The first-order valence-corrected chi connectivity index (χ1v) is 9.65. The zero-order valence-electron chi connectivity index (χ0n) is 16.7. The average Bonchev–Trinajstić information content (AvgIpc) is 2.79. The van der Waals surface area contributed by atoms with Crippen LogP contribution in [0.15, 0.2) is 65.7 Å². The maximum atomic E-state index is 13.2.